The van der Waals surface area contributed by atoms with E-state index in [0.29, 0.717) is 63.2 Å². The maximum absolute atomic E-state index is 15.5. The van der Waals surface area contributed by atoms with E-state index < -0.39 is 17.5 Å². The number of nitrogens with one attached hydrogen (secondary N) is 2. The normalized spacial score (nSPS) is 13.3. The molecule has 0 unspecified atom stereocenters. The standard InChI is InChI=1S/C36H37FN2O3.C32H29FN2O3.2CH4/c1-24(25-11-6-5-7-12-25)38-34(40)28-18-19-33-27(21-28)13-10-20-39(33)23-29-17-16-26(22-32(29)37)30-14-8-9-15-31(30)35(41)42-36(2,3)4;1-21(22-8-3-2-4-9-22)34-31(36)25-15-16-30-24(18-25)10-7-17-35(30)20-26-14-13-23(19-29(26)33)27-11-5-6-12-28(27)32(37)38;;/h5-9,11-12,14-19,21-22,24H,10,13,20,23H2,1-4H3,(H,38,40);2-6,8-9,11-16,18-19,21H,7,10,17,20H2,1H3,(H,34,36)(H,37,38);2*1H4/t24-;21-;;/m00../s1. The van der Waals surface area contributed by atoms with Crippen molar-refractivity contribution < 1.29 is 37.8 Å². The molecule has 2 heterocycles. The van der Waals surface area contributed by atoms with Crippen molar-refractivity contribution in [3.8, 4) is 22.3 Å². The average molecular weight is 1110 g/mol. The van der Waals surface area contributed by atoms with Crippen LogP contribution in [0.3, 0.4) is 0 Å². The fourth-order valence-electron chi connectivity index (χ4n) is 10.4. The lowest BCUT2D eigenvalue weighted by molar-refractivity contribution is 0.00698. The Bertz CT molecular complexity index is 3540. The molecule has 8 aromatic rings. The SMILES string of the molecule is C.C.C[C@H](NC(=O)c1ccc2c(c1)CCCN2Cc1ccc(-c2ccccc2C(=O)O)cc1F)c1ccccc1.C[C@H](NC(=O)c1ccc2c(c1)CCCN2Cc1ccc(-c2ccccc2C(=O)OC(C)(C)C)cc1F)c1ccccc1. The highest BCUT2D eigenvalue weighted by Gasteiger charge is 2.25. The fourth-order valence-corrected chi connectivity index (χ4v) is 10.4. The van der Waals surface area contributed by atoms with Crippen LogP contribution in [-0.4, -0.2) is 47.6 Å². The van der Waals surface area contributed by atoms with Crippen molar-refractivity contribution in [2.75, 3.05) is 22.9 Å². The Morgan fingerprint density at radius 3 is 1.35 bits per heavy atom. The van der Waals surface area contributed by atoms with Crippen LogP contribution in [0.4, 0.5) is 20.2 Å². The monoisotopic (exact) mass is 1100 g/mol. The molecule has 2 aliphatic rings. The minimum Gasteiger partial charge on any atom is -0.478 e. The molecule has 3 N–H and O–H groups in total. The molecular weight excluding hydrogens is 1030 g/mol. The number of hydrogen-bond acceptors (Lipinski definition) is 7. The van der Waals surface area contributed by atoms with Gasteiger partial charge in [-0.15, -0.1) is 0 Å². The molecular formula is C70H74F2N4O6. The highest BCUT2D eigenvalue weighted by molar-refractivity contribution is 5.98. The number of carbonyl (C=O) groups excluding carboxylic acids is 3. The largest absolute Gasteiger partial charge is 0.478 e. The van der Waals surface area contributed by atoms with Gasteiger partial charge in [-0.1, -0.05) is 136 Å². The van der Waals surface area contributed by atoms with Gasteiger partial charge in [0.15, 0.2) is 0 Å². The quantitative estimate of drug-likeness (QED) is 0.0919. The maximum Gasteiger partial charge on any atom is 0.339 e. The van der Waals surface area contributed by atoms with Gasteiger partial charge in [-0.25, -0.2) is 18.4 Å². The summed E-state index contributed by atoms with van der Waals surface area (Å²) in [6.07, 6.45) is 3.55. The van der Waals surface area contributed by atoms with Gasteiger partial charge in [0.05, 0.1) is 23.2 Å². The number of rotatable bonds is 14. The number of fused-ring (bicyclic) bond motifs is 2. The van der Waals surface area contributed by atoms with Crippen molar-refractivity contribution in [3.63, 3.8) is 0 Å². The summed E-state index contributed by atoms with van der Waals surface area (Å²) in [5.74, 6) is -2.41. The van der Waals surface area contributed by atoms with Gasteiger partial charge in [0.2, 0.25) is 0 Å². The summed E-state index contributed by atoms with van der Waals surface area (Å²) in [6, 6.07) is 54.8. The molecule has 8 aromatic carbocycles. The third-order valence-corrected chi connectivity index (χ3v) is 14.6. The number of nitrogens with zero attached hydrogens (tertiary/aromatic N) is 2. The number of esters is 1. The second kappa shape index (κ2) is 27.0. The smallest absolute Gasteiger partial charge is 0.339 e. The minimum atomic E-state index is -1.04. The number of carboxylic acid groups (broad SMARTS) is 1. The Balaban J connectivity index is 0.000000231. The van der Waals surface area contributed by atoms with E-state index in [4.69, 9.17) is 4.74 Å². The first-order valence-electron chi connectivity index (χ1n) is 27.2. The molecule has 424 valence electrons. The summed E-state index contributed by atoms with van der Waals surface area (Å²) in [5.41, 5.74) is 10.8. The summed E-state index contributed by atoms with van der Waals surface area (Å²) >= 11 is 0. The molecule has 2 aliphatic heterocycles. The van der Waals surface area contributed by atoms with E-state index in [2.05, 4.69) is 20.4 Å². The summed E-state index contributed by atoms with van der Waals surface area (Å²) < 4.78 is 36.3. The third-order valence-electron chi connectivity index (χ3n) is 14.6. The van der Waals surface area contributed by atoms with E-state index in [-0.39, 0.29) is 55.9 Å². The molecule has 0 aromatic heterocycles. The van der Waals surface area contributed by atoms with Crippen LogP contribution in [0, 0.1) is 11.6 Å². The van der Waals surface area contributed by atoms with Crippen LogP contribution in [0.15, 0.2) is 182 Å². The lowest BCUT2D eigenvalue weighted by atomic mass is 9.96. The number of carbonyl (C=O) groups is 4. The molecule has 10 nitrogen and oxygen atoms in total. The number of ether oxygens (including phenoxy) is 1. The Morgan fingerprint density at radius 1 is 0.537 bits per heavy atom. The van der Waals surface area contributed by atoms with E-state index in [9.17, 15) is 24.3 Å². The van der Waals surface area contributed by atoms with Gasteiger partial charge in [0.25, 0.3) is 11.8 Å². The minimum absolute atomic E-state index is 0. The molecule has 0 fully saturated rings. The summed E-state index contributed by atoms with van der Waals surface area (Å²) in [5, 5.41) is 15.6. The van der Waals surface area contributed by atoms with Gasteiger partial charge < -0.3 is 30.3 Å². The molecule has 0 spiro atoms. The summed E-state index contributed by atoms with van der Waals surface area (Å²) in [4.78, 5) is 54.7. The summed E-state index contributed by atoms with van der Waals surface area (Å²) in [6.45, 7) is 11.8. The van der Waals surface area contributed by atoms with Crippen molar-refractivity contribution in [2.24, 2.45) is 0 Å². The van der Waals surface area contributed by atoms with Crippen LogP contribution < -0.4 is 20.4 Å². The summed E-state index contributed by atoms with van der Waals surface area (Å²) in [7, 11) is 0. The van der Waals surface area contributed by atoms with E-state index in [1.54, 1.807) is 48.5 Å². The fraction of sp³-hybridized carbons (Fsp3) is 0.257. The van der Waals surface area contributed by atoms with Gasteiger partial charge in [0.1, 0.15) is 17.2 Å². The van der Waals surface area contributed by atoms with Gasteiger partial charge in [-0.05, 0) is 165 Å². The molecule has 82 heavy (non-hydrogen) atoms. The topological polar surface area (TPSA) is 128 Å². The number of halogens is 2. The van der Waals surface area contributed by atoms with E-state index in [0.717, 1.165) is 72.4 Å². The zero-order valence-electron chi connectivity index (χ0n) is 45.8. The first-order valence-corrected chi connectivity index (χ1v) is 27.2. The molecule has 12 heteroatoms. The molecule has 10 rings (SSSR count). The Labute approximate surface area is 481 Å². The molecule has 0 saturated heterocycles. The molecule has 0 saturated carbocycles. The first kappa shape index (κ1) is 60.7. The van der Waals surface area contributed by atoms with Crippen LogP contribution in [-0.2, 0) is 30.7 Å². The molecule has 0 bridgehead atoms. The highest BCUT2D eigenvalue weighted by atomic mass is 19.1. The van der Waals surface area contributed by atoms with Crippen LogP contribution in [0.1, 0.15) is 149 Å². The third kappa shape index (κ3) is 14.7. The zero-order valence-corrected chi connectivity index (χ0v) is 45.8. The number of amides is 2. The molecule has 2 atom stereocenters. The van der Waals surface area contributed by atoms with Gasteiger partial charge in [-0.2, -0.15) is 0 Å². The predicted molar refractivity (Wildman–Crippen MR) is 326 cm³/mol. The number of anilines is 2. The van der Waals surface area contributed by atoms with Crippen LogP contribution in [0.25, 0.3) is 22.3 Å². The van der Waals surface area contributed by atoms with Crippen molar-refractivity contribution >= 4 is 35.1 Å². The maximum atomic E-state index is 15.5. The number of hydrogen-bond donors (Lipinski definition) is 3. The molecule has 0 radical (unpaired) electrons. The first-order chi connectivity index (χ1) is 38.5. The molecule has 0 aliphatic carbocycles. The van der Waals surface area contributed by atoms with Gasteiger partial charge in [-0.3, -0.25) is 9.59 Å². The van der Waals surface area contributed by atoms with Crippen LogP contribution in [0.2, 0.25) is 0 Å². The predicted octanol–water partition coefficient (Wildman–Crippen LogP) is 15.8. The zero-order chi connectivity index (χ0) is 56.5. The van der Waals surface area contributed by atoms with Gasteiger partial charge >= 0.3 is 11.9 Å². The Hall–Kier alpha value is -8.90. The van der Waals surface area contributed by atoms with Crippen molar-refractivity contribution in [3.05, 3.63) is 249 Å². The van der Waals surface area contributed by atoms with E-state index in [1.165, 1.54) is 18.2 Å². The highest BCUT2D eigenvalue weighted by Crippen LogP contribution is 2.34. The average Bonchev–Trinajstić information content (AvgIpc) is 3.55. The second-order valence-corrected chi connectivity index (χ2v) is 21.5. The van der Waals surface area contributed by atoms with Crippen molar-refractivity contribution in [1.82, 2.24) is 10.6 Å². The van der Waals surface area contributed by atoms with E-state index >= 15 is 8.78 Å². The number of benzene rings is 8. The Morgan fingerprint density at radius 2 is 0.939 bits per heavy atom. The number of carboxylic acids is 1. The van der Waals surface area contributed by atoms with Crippen molar-refractivity contribution in [1.29, 1.82) is 0 Å². The van der Waals surface area contributed by atoms with Crippen LogP contribution >= 0.6 is 0 Å². The lowest BCUT2D eigenvalue weighted by Crippen LogP contribution is -2.30. The number of aryl methyl sites for hydroxylation is 2. The van der Waals surface area contributed by atoms with E-state index in [1.807, 2.05) is 150 Å². The lowest BCUT2D eigenvalue weighted by Gasteiger charge is -2.32. The molecule has 2 amide bonds. The Kier molecular flexibility index (Phi) is 20.0. The second-order valence-electron chi connectivity index (χ2n) is 21.5. The van der Waals surface area contributed by atoms with Crippen molar-refractivity contribution in [2.45, 2.75) is 106 Å². The van der Waals surface area contributed by atoms with Crippen LogP contribution in [0.5, 0.6) is 0 Å². The van der Waals surface area contributed by atoms with Gasteiger partial charge in [0, 0.05) is 59.8 Å². The number of aromatic carboxylic acids is 1.